The Balaban J connectivity index is 2.21. The van der Waals surface area contributed by atoms with E-state index in [1.807, 2.05) is 41.5 Å². The van der Waals surface area contributed by atoms with Gasteiger partial charge in [0.1, 0.15) is 18.3 Å². The fourth-order valence-corrected chi connectivity index (χ4v) is 7.01. The lowest BCUT2D eigenvalue weighted by molar-refractivity contribution is -0.0568. The quantitative estimate of drug-likeness (QED) is 0.529. The Morgan fingerprint density at radius 1 is 1.15 bits per heavy atom. The van der Waals surface area contributed by atoms with Gasteiger partial charge >= 0.3 is 14.3 Å². The van der Waals surface area contributed by atoms with Gasteiger partial charge in [0.25, 0.3) is 5.56 Å². The van der Waals surface area contributed by atoms with Crippen molar-refractivity contribution in [1.82, 2.24) is 9.55 Å². The topological polar surface area (TPSA) is 134 Å². The van der Waals surface area contributed by atoms with E-state index in [4.69, 9.17) is 9.16 Å². The summed E-state index contributed by atoms with van der Waals surface area (Å²) in [4.78, 5) is 36.5. The minimum absolute atomic E-state index is 0.135. The number of aromatic amines is 1. The number of H-pyrrole nitrogens is 1. The van der Waals surface area contributed by atoms with Crippen LogP contribution in [0.2, 0.25) is 10.1 Å². The molecule has 1 aliphatic rings. The SMILES string of the molecule is CC(C)(C)[Si](O)(OC[C@H]1O[C@@H](n2ccc(=O)[nH]c2=O)[C@H](O)[C@@H]1O)C(C)(C)C. The molecule has 0 radical (unpaired) electrons. The summed E-state index contributed by atoms with van der Waals surface area (Å²) in [7, 11) is -3.28. The van der Waals surface area contributed by atoms with Gasteiger partial charge in [-0.3, -0.25) is 14.3 Å². The summed E-state index contributed by atoms with van der Waals surface area (Å²) < 4.78 is 12.6. The van der Waals surface area contributed by atoms with E-state index in [-0.39, 0.29) is 6.61 Å². The monoisotopic (exact) mass is 402 g/mol. The molecule has 1 fully saturated rings. The molecule has 1 aliphatic heterocycles. The molecule has 1 saturated heterocycles. The van der Waals surface area contributed by atoms with Crippen LogP contribution in [0.25, 0.3) is 0 Å². The lowest BCUT2D eigenvalue weighted by Gasteiger charge is -2.45. The number of nitrogens with zero attached hydrogens (tertiary/aromatic N) is 1. The zero-order valence-electron chi connectivity index (χ0n) is 16.6. The lowest BCUT2D eigenvalue weighted by Crippen LogP contribution is -2.56. The van der Waals surface area contributed by atoms with Crippen LogP contribution in [0.3, 0.4) is 0 Å². The molecule has 0 saturated carbocycles. The molecule has 0 aromatic carbocycles. The molecule has 27 heavy (non-hydrogen) atoms. The summed E-state index contributed by atoms with van der Waals surface area (Å²) in [5, 5.41) is 19.6. The summed E-state index contributed by atoms with van der Waals surface area (Å²) in [6.45, 7) is 11.2. The van der Waals surface area contributed by atoms with Crippen molar-refractivity contribution in [2.45, 2.75) is 76.2 Å². The highest BCUT2D eigenvalue weighted by Crippen LogP contribution is 2.50. The molecule has 154 valence electrons. The van der Waals surface area contributed by atoms with E-state index in [0.717, 1.165) is 10.6 Å². The molecule has 0 spiro atoms. The van der Waals surface area contributed by atoms with Gasteiger partial charge in [0.05, 0.1) is 6.61 Å². The van der Waals surface area contributed by atoms with Gasteiger partial charge in [-0.1, -0.05) is 41.5 Å². The molecule has 2 heterocycles. The fourth-order valence-electron chi connectivity index (χ4n) is 3.49. The molecule has 10 heteroatoms. The van der Waals surface area contributed by atoms with Crippen molar-refractivity contribution in [1.29, 1.82) is 0 Å². The van der Waals surface area contributed by atoms with Crippen LogP contribution in [0.5, 0.6) is 0 Å². The van der Waals surface area contributed by atoms with E-state index < -0.39 is 54.4 Å². The van der Waals surface area contributed by atoms with Crippen molar-refractivity contribution in [2.75, 3.05) is 6.61 Å². The molecular weight excluding hydrogens is 372 g/mol. The highest BCUT2D eigenvalue weighted by molar-refractivity contribution is 6.72. The number of aliphatic hydroxyl groups is 2. The minimum atomic E-state index is -3.28. The Labute approximate surface area is 158 Å². The van der Waals surface area contributed by atoms with Gasteiger partial charge in [-0.2, -0.15) is 0 Å². The minimum Gasteiger partial charge on any atom is -0.410 e. The van der Waals surface area contributed by atoms with Crippen molar-refractivity contribution in [3.8, 4) is 0 Å². The maximum atomic E-state index is 11.9. The van der Waals surface area contributed by atoms with Gasteiger partial charge in [0.2, 0.25) is 0 Å². The second kappa shape index (κ2) is 7.26. The van der Waals surface area contributed by atoms with Gasteiger partial charge in [-0.25, -0.2) is 4.79 Å². The van der Waals surface area contributed by atoms with Crippen LogP contribution >= 0.6 is 0 Å². The standard InChI is InChI=1S/C17H30N2O7Si/c1-16(2,3)27(24,17(4,5)6)25-9-10-12(21)13(22)14(26-10)19-8-7-11(20)18-15(19)23/h7-8,10,12-14,21-22,24H,9H2,1-6H3,(H,18,20,23)/t10-,12-,13-,14-/m1/s1. The van der Waals surface area contributed by atoms with Crippen LogP contribution in [0.4, 0.5) is 0 Å². The Morgan fingerprint density at radius 2 is 1.70 bits per heavy atom. The fraction of sp³-hybridized carbons (Fsp3) is 0.765. The molecule has 1 aromatic heterocycles. The van der Waals surface area contributed by atoms with Crippen molar-refractivity contribution >= 4 is 8.56 Å². The van der Waals surface area contributed by atoms with E-state index in [1.165, 1.54) is 6.20 Å². The second-order valence-corrected chi connectivity index (χ2v) is 13.6. The molecule has 0 amide bonds. The molecule has 2 rings (SSSR count). The average molecular weight is 403 g/mol. The first-order valence-electron chi connectivity index (χ1n) is 8.88. The molecule has 4 N–H and O–H groups in total. The molecule has 0 bridgehead atoms. The summed E-state index contributed by atoms with van der Waals surface area (Å²) in [6, 6.07) is 1.12. The van der Waals surface area contributed by atoms with Crippen LogP contribution in [0.15, 0.2) is 21.9 Å². The molecule has 0 unspecified atom stereocenters. The predicted molar refractivity (Wildman–Crippen MR) is 101 cm³/mol. The first-order chi connectivity index (χ1) is 12.2. The Bertz CT molecular complexity index is 763. The third-order valence-electron chi connectivity index (χ3n) is 4.95. The third-order valence-corrected chi connectivity index (χ3v) is 9.60. The molecule has 0 aliphatic carbocycles. The molecule has 9 nitrogen and oxygen atoms in total. The number of aliphatic hydroxyl groups excluding tert-OH is 2. The Hall–Kier alpha value is -1.30. The number of ether oxygens (including phenoxy) is 1. The number of rotatable bonds is 4. The van der Waals surface area contributed by atoms with E-state index in [0.29, 0.717) is 0 Å². The Kier molecular flexibility index (Phi) is 5.92. The van der Waals surface area contributed by atoms with E-state index >= 15 is 0 Å². The highest BCUT2D eigenvalue weighted by Gasteiger charge is 2.56. The van der Waals surface area contributed by atoms with Crippen LogP contribution < -0.4 is 11.2 Å². The number of aromatic nitrogens is 2. The molecular formula is C17H30N2O7Si. The van der Waals surface area contributed by atoms with Gasteiger partial charge in [-0.15, -0.1) is 0 Å². The maximum Gasteiger partial charge on any atom is 0.346 e. The second-order valence-electron chi connectivity index (χ2n) is 9.02. The highest BCUT2D eigenvalue weighted by atomic mass is 28.4. The van der Waals surface area contributed by atoms with Crippen LogP contribution in [0.1, 0.15) is 47.8 Å². The number of hydrogen-bond donors (Lipinski definition) is 4. The summed E-state index contributed by atoms with van der Waals surface area (Å²) >= 11 is 0. The normalized spacial score (nSPS) is 27.1. The van der Waals surface area contributed by atoms with E-state index in [1.54, 1.807) is 0 Å². The molecule has 4 atom stereocenters. The summed E-state index contributed by atoms with van der Waals surface area (Å²) in [6.07, 6.45) is -3.61. The summed E-state index contributed by atoms with van der Waals surface area (Å²) in [5.41, 5.74) is -1.33. The van der Waals surface area contributed by atoms with Gasteiger partial charge in [0.15, 0.2) is 6.23 Å². The zero-order chi connectivity index (χ0) is 20.8. The van der Waals surface area contributed by atoms with Crippen LogP contribution in [0, 0.1) is 0 Å². The first kappa shape index (κ1) is 22.0. The van der Waals surface area contributed by atoms with Crippen LogP contribution in [-0.4, -0.2) is 58.0 Å². The van der Waals surface area contributed by atoms with E-state index in [9.17, 15) is 24.6 Å². The van der Waals surface area contributed by atoms with Crippen LogP contribution in [-0.2, 0) is 9.16 Å². The smallest absolute Gasteiger partial charge is 0.346 e. The average Bonchev–Trinajstić information content (AvgIpc) is 2.78. The predicted octanol–water partition coefficient (Wildman–Crippen LogP) is 0.207. The van der Waals surface area contributed by atoms with Gasteiger partial charge < -0.3 is 24.2 Å². The van der Waals surface area contributed by atoms with E-state index in [2.05, 4.69) is 4.98 Å². The zero-order valence-corrected chi connectivity index (χ0v) is 17.6. The number of nitrogens with one attached hydrogen (secondary N) is 1. The molecule has 1 aromatic rings. The van der Waals surface area contributed by atoms with Crippen molar-refractivity contribution in [3.63, 3.8) is 0 Å². The summed E-state index contributed by atoms with van der Waals surface area (Å²) in [5.74, 6) is 0. The van der Waals surface area contributed by atoms with Gasteiger partial charge in [0, 0.05) is 22.3 Å². The Morgan fingerprint density at radius 3 is 2.19 bits per heavy atom. The van der Waals surface area contributed by atoms with Crippen molar-refractivity contribution in [3.05, 3.63) is 33.1 Å². The number of hydrogen-bond acceptors (Lipinski definition) is 7. The third kappa shape index (κ3) is 4.10. The van der Waals surface area contributed by atoms with Crippen molar-refractivity contribution < 1.29 is 24.2 Å². The van der Waals surface area contributed by atoms with Gasteiger partial charge in [-0.05, 0) is 0 Å². The largest absolute Gasteiger partial charge is 0.410 e. The lowest BCUT2D eigenvalue weighted by atomic mass is 10.1. The maximum absolute atomic E-state index is 11.9. The first-order valence-corrected chi connectivity index (χ1v) is 10.7. The van der Waals surface area contributed by atoms with Crippen molar-refractivity contribution in [2.24, 2.45) is 0 Å².